The van der Waals surface area contributed by atoms with E-state index in [-0.39, 0.29) is 24.7 Å². The van der Waals surface area contributed by atoms with Crippen molar-refractivity contribution in [2.75, 3.05) is 19.8 Å². The van der Waals surface area contributed by atoms with Gasteiger partial charge in [0, 0.05) is 11.5 Å². The lowest BCUT2D eigenvalue weighted by molar-refractivity contribution is -0.146. The maximum Gasteiger partial charge on any atom is 0.335 e. The number of aliphatic hydroxyl groups is 1. The van der Waals surface area contributed by atoms with Crippen LogP contribution in [0, 0.1) is 23.7 Å². The zero-order valence-corrected chi connectivity index (χ0v) is 27.4. The highest BCUT2D eigenvalue weighted by Gasteiger charge is 2.33. The molecule has 1 fully saturated rings. The third-order valence-corrected chi connectivity index (χ3v) is 9.90. The van der Waals surface area contributed by atoms with Gasteiger partial charge >= 0.3 is 11.9 Å². The number of hydrogen-bond donors (Lipinski definition) is 1. The summed E-state index contributed by atoms with van der Waals surface area (Å²) in [5.74, 6) is 0.561. The number of benzene rings is 2. The number of aliphatic hydroxyl groups excluding tert-OH is 1. The lowest BCUT2D eigenvalue weighted by atomic mass is 9.69. The van der Waals surface area contributed by atoms with Crippen LogP contribution in [0.25, 0.3) is 16.7 Å². The first-order valence-corrected chi connectivity index (χ1v) is 17.0. The highest BCUT2D eigenvalue weighted by Crippen LogP contribution is 2.43. The van der Waals surface area contributed by atoms with Crippen molar-refractivity contribution in [2.24, 2.45) is 23.7 Å². The van der Waals surface area contributed by atoms with Gasteiger partial charge in [-0.25, -0.2) is 9.59 Å². The molecule has 1 N–H and O–H groups in total. The van der Waals surface area contributed by atoms with Crippen molar-refractivity contribution in [3.8, 4) is 11.1 Å². The quantitative estimate of drug-likeness (QED) is 0.124. The van der Waals surface area contributed by atoms with Crippen LogP contribution in [0.2, 0.25) is 0 Å². The number of carbonyl (C=O) groups is 2. The molecule has 0 amide bonds. The smallest absolute Gasteiger partial charge is 0.335 e. The Bertz CT molecular complexity index is 1310. The Kier molecular flexibility index (Phi) is 13.2. The summed E-state index contributed by atoms with van der Waals surface area (Å²) in [6.07, 6.45) is 15.2. The van der Waals surface area contributed by atoms with Crippen LogP contribution in [0.5, 0.6) is 0 Å². The second-order valence-corrected chi connectivity index (χ2v) is 13.2. The summed E-state index contributed by atoms with van der Waals surface area (Å²) in [6, 6.07) is 18.2. The molecule has 0 saturated heterocycles. The minimum absolute atomic E-state index is 0.0276. The second-order valence-electron chi connectivity index (χ2n) is 13.2. The molecule has 1 saturated carbocycles. The minimum atomic E-state index is -0.603. The van der Waals surface area contributed by atoms with Gasteiger partial charge in [0.25, 0.3) is 0 Å². The van der Waals surface area contributed by atoms with Crippen LogP contribution in [0.4, 0.5) is 0 Å². The average molecular weight is 613 g/mol. The molecule has 5 nitrogen and oxygen atoms in total. The summed E-state index contributed by atoms with van der Waals surface area (Å²) >= 11 is 0. The highest BCUT2D eigenvalue weighted by atomic mass is 16.5. The summed E-state index contributed by atoms with van der Waals surface area (Å²) in [5, 5.41) is 9.19. The van der Waals surface area contributed by atoms with E-state index in [1.165, 1.54) is 53.5 Å². The van der Waals surface area contributed by atoms with Gasteiger partial charge in [-0.1, -0.05) is 87.5 Å². The van der Waals surface area contributed by atoms with Crippen LogP contribution in [-0.2, 0) is 25.5 Å². The molecule has 2 aromatic rings. The Balaban J connectivity index is 1.28. The molecule has 242 valence electrons. The summed E-state index contributed by atoms with van der Waals surface area (Å²) < 4.78 is 10.9. The molecule has 5 heteroatoms. The highest BCUT2D eigenvalue weighted by molar-refractivity contribution is 5.88. The van der Waals surface area contributed by atoms with Crippen molar-refractivity contribution in [1.82, 2.24) is 0 Å². The predicted molar refractivity (Wildman–Crippen MR) is 182 cm³/mol. The molecule has 45 heavy (non-hydrogen) atoms. The topological polar surface area (TPSA) is 72.8 Å². The average Bonchev–Trinajstić information content (AvgIpc) is 3.08. The molecule has 2 atom stereocenters. The zero-order chi connectivity index (χ0) is 32.2. The molecular weight excluding hydrogens is 560 g/mol. The number of hydrogen-bond acceptors (Lipinski definition) is 5. The third-order valence-electron chi connectivity index (χ3n) is 9.90. The van der Waals surface area contributed by atoms with Crippen molar-refractivity contribution in [2.45, 2.75) is 84.5 Å². The first-order valence-electron chi connectivity index (χ1n) is 17.0. The normalized spacial score (nSPS) is 20.5. The van der Waals surface area contributed by atoms with E-state index in [0.717, 1.165) is 44.9 Å². The number of aryl methyl sites for hydroxylation is 1. The largest absolute Gasteiger partial charge is 0.462 e. The van der Waals surface area contributed by atoms with Crippen molar-refractivity contribution < 1.29 is 24.2 Å². The van der Waals surface area contributed by atoms with Crippen LogP contribution < -0.4 is 0 Å². The van der Waals surface area contributed by atoms with Gasteiger partial charge < -0.3 is 14.6 Å². The number of carbonyl (C=O) groups excluding carboxylic acids is 2. The number of ether oxygens (including phenoxy) is 2. The van der Waals surface area contributed by atoms with E-state index in [1.807, 2.05) is 0 Å². The van der Waals surface area contributed by atoms with E-state index in [4.69, 9.17) is 9.47 Å². The van der Waals surface area contributed by atoms with Gasteiger partial charge in [-0.2, -0.15) is 0 Å². The first kappa shape index (κ1) is 34.4. The van der Waals surface area contributed by atoms with Crippen molar-refractivity contribution in [1.29, 1.82) is 0 Å². The molecular formula is C40H52O5. The molecule has 2 unspecified atom stereocenters. The standard InChI is InChI=1S/C40H52O5/c1-5-6-7-8-30-9-11-31(12-10-30)32-13-15-33(16-14-32)34-17-19-35(20-18-34)36-21-23-37(24-22-36)38(26-44-39(42)28(2)3)27-45-40(43)29(4)25-41/h9-17,35-38,41H,2,4-8,18-27H2,1,3H3. The Morgan fingerprint density at radius 2 is 1.42 bits per heavy atom. The summed E-state index contributed by atoms with van der Waals surface area (Å²) in [5.41, 5.74) is 7.15. The van der Waals surface area contributed by atoms with Gasteiger partial charge in [0.2, 0.25) is 0 Å². The SMILES string of the molecule is C=C(C)C(=O)OCC(COC(=O)C(=C)CO)C1CCC(C2CC=C(c3ccc(-c4ccc(CCCCC)cc4)cc3)CC2)CC1. The zero-order valence-electron chi connectivity index (χ0n) is 27.4. The molecule has 4 rings (SSSR count). The molecule has 0 radical (unpaired) electrons. The Morgan fingerprint density at radius 3 is 1.98 bits per heavy atom. The fourth-order valence-corrected chi connectivity index (χ4v) is 6.93. The van der Waals surface area contributed by atoms with Crippen molar-refractivity contribution in [3.05, 3.63) is 90.0 Å². The van der Waals surface area contributed by atoms with Crippen LogP contribution in [0.1, 0.15) is 89.2 Å². The maximum atomic E-state index is 12.1. The van der Waals surface area contributed by atoms with Gasteiger partial charge in [-0.05, 0) is 110 Å². The van der Waals surface area contributed by atoms with Gasteiger partial charge in [0.15, 0.2) is 0 Å². The molecule has 0 aliphatic heterocycles. The molecule has 2 aliphatic rings. The van der Waals surface area contributed by atoms with Gasteiger partial charge in [0.05, 0.1) is 25.4 Å². The fraction of sp³-hybridized carbons (Fsp3) is 0.500. The maximum absolute atomic E-state index is 12.1. The Morgan fingerprint density at radius 1 is 0.822 bits per heavy atom. The summed E-state index contributed by atoms with van der Waals surface area (Å²) in [7, 11) is 0. The van der Waals surface area contributed by atoms with E-state index >= 15 is 0 Å². The summed E-state index contributed by atoms with van der Waals surface area (Å²) in [4.78, 5) is 24.2. The van der Waals surface area contributed by atoms with E-state index < -0.39 is 18.5 Å². The van der Waals surface area contributed by atoms with E-state index in [9.17, 15) is 14.7 Å². The van der Waals surface area contributed by atoms with E-state index in [2.05, 4.69) is 74.7 Å². The van der Waals surface area contributed by atoms with Gasteiger partial charge in [-0.15, -0.1) is 0 Å². The Hall–Kier alpha value is -3.44. The minimum Gasteiger partial charge on any atom is -0.462 e. The van der Waals surface area contributed by atoms with Crippen LogP contribution in [-0.4, -0.2) is 36.9 Å². The number of allylic oxidation sites excluding steroid dienone is 2. The van der Waals surface area contributed by atoms with Gasteiger partial charge in [-0.3, -0.25) is 0 Å². The van der Waals surface area contributed by atoms with E-state index in [0.29, 0.717) is 23.3 Å². The molecule has 0 bridgehead atoms. The van der Waals surface area contributed by atoms with Crippen molar-refractivity contribution >= 4 is 17.5 Å². The first-order chi connectivity index (χ1) is 21.8. The number of rotatable bonds is 15. The molecule has 0 heterocycles. The fourth-order valence-electron chi connectivity index (χ4n) is 6.93. The summed E-state index contributed by atoms with van der Waals surface area (Å²) in [6.45, 7) is 11.0. The van der Waals surface area contributed by atoms with Crippen LogP contribution in [0.15, 0.2) is 78.9 Å². The van der Waals surface area contributed by atoms with E-state index in [1.54, 1.807) is 6.92 Å². The molecule has 0 aromatic heterocycles. The number of unbranched alkanes of at least 4 members (excludes halogenated alkanes) is 2. The van der Waals surface area contributed by atoms with Gasteiger partial charge in [0.1, 0.15) is 0 Å². The monoisotopic (exact) mass is 612 g/mol. The molecule has 0 spiro atoms. The Labute approximate surface area is 270 Å². The third kappa shape index (κ3) is 10.0. The predicted octanol–water partition coefficient (Wildman–Crippen LogP) is 8.90. The molecule has 2 aromatic carbocycles. The van der Waals surface area contributed by atoms with Crippen LogP contribution >= 0.6 is 0 Å². The lowest BCUT2D eigenvalue weighted by Crippen LogP contribution is -2.32. The van der Waals surface area contributed by atoms with Crippen molar-refractivity contribution in [3.63, 3.8) is 0 Å². The lowest BCUT2D eigenvalue weighted by Gasteiger charge is -2.38. The number of esters is 2. The molecule has 2 aliphatic carbocycles. The second kappa shape index (κ2) is 17.3. The van der Waals surface area contributed by atoms with Crippen LogP contribution in [0.3, 0.4) is 0 Å².